The summed E-state index contributed by atoms with van der Waals surface area (Å²) < 4.78 is 32.4. The Labute approximate surface area is 202 Å². The highest BCUT2D eigenvalue weighted by Gasteiger charge is 2.31. The number of carbonyl (C=O) groups is 1. The minimum Gasteiger partial charge on any atom is -0.488 e. The fourth-order valence-electron chi connectivity index (χ4n) is 4.19. The Hall–Kier alpha value is -2.62. The second kappa shape index (κ2) is 11.2. The maximum atomic E-state index is 13.2. The number of amides is 1. The van der Waals surface area contributed by atoms with Gasteiger partial charge in [-0.25, -0.2) is 8.42 Å². The van der Waals surface area contributed by atoms with Crippen LogP contribution in [0.15, 0.2) is 48.5 Å². The number of benzene rings is 2. The van der Waals surface area contributed by atoms with Gasteiger partial charge in [-0.2, -0.15) is 0 Å². The Bertz CT molecular complexity index is 1080. The molecule has 2 N–H and O–H groups in total. The van der Waals surface area contributed by atoms with Gasteiger partial charge in [-0.1, -0.05) is 37.3 Å². The van der Waals surface area contributed by atoms with Gasteiger partial charge in [0.1, 0.15) is 11.9 Å². The van der Waals surface area contributed by atoms with E-state index in [0.717, 1.165) is 12.8 Å². The van der Waals surface area contributed by atoms with Crippen LogP contribution >= 0.6 is 0 Å². The van der Waals surface area contributed by atoms with Crippen molar-refractivity contribution in [3.05, 3.63) is 59.7 Å². The normalized spacial score (nSPS) is 20.1. The first-order valence-electron chi connectivity index (χ1n) is 11.5. The summed E-state index contributed by atoms with van der Waals surface area (Å²) in [4.78, 5) is 17.1. The first-order valence-corrected chi connectivity index (χ1v) is 13.3. The number of aliphatic hydroxyl groups is 1. The molecule has 1 amide bonds. The summed E-state index contributed by atoms with van der Waals surface area (Å²) in [6.07, 6.45) is 0.917. The molecule has 0 saturated heterocycles. The molecular weight excluding hydrogens is 454 g/mol. The minimum absolute atomic E-state index is 0.00376. The van der Waals surface area contributed by atoms with E-state index in [4.69, 9.17) is 4.74 Å². The molecule has 3 rings (SSSR count). The van der Waals surface area contributed by atoms with E-state index < -0.39 is 10.0 Å². The lowest BCUT2D eigenvalue weighted by Crippen LogP contribution is -2.47. The van der Waals surface area contributed by atoms with Crippen LogP contribution in [0.1, 0.15) is 25.0 Å². The molecule has 9 heteroatoms. The molecule has 1 heterocycles. The van der Waals surface area contributed by atoms with Crippen LogP contribution in [0.2, 0.25) is 0 Å². The van der Waals surface area contributed by atoms with Gasteiger partial charge in [-0.3, -0.25) is 14.4 Å². The third-order valence-corrected chi connectivity index (χ3v) is 6.61. The third kappa shape index (κ3) is 7.19. The average molecular weight is 490 g/mol. The van der Waals surface area contributed by atoms with Gasteiger partial charge in [-0.05, 0) is 37.7 Å². The molecule has 0 fully saturated rings. The van der Waals surface area contributed by atoms with E-state index in [0.29, 0.717) is 30.1 Å². The maximum absolute atomic E-state index is 13.2. The van der Waals surface area contributed by atoms with E-state index in [1.807, 2.05) is 32.2 Å². The molecule has 1 aliphatic rings. The smallest absolute Gasteiger partial charge is 0.229 e. The number of nitrogens with zero attached hydrogens (tertiary/aromatic N) is 2. The molecule has 8 nitrogen and oxygen atoms in total. The van der Waals surface area contributed by atoms with Crippen molar-refractivity contribution in [1.82, 2.24) is 9.80 Å². The zero-order chi connectivity index (χ0) is 24.9. The van der Waals surface area contributed by atoms with Crippen molar-refractivity contribution in [1.29, 1.82) is 0 Å². The molecule has 2 aromatic carbocycles. The van der Waals surface area contributed by atoms with Crippen LogP contribution in [0.5, 0.6) is 5.75 Å². The van der Waals surface area contributed by atoms with Crippen LogP contribution < -0.4 is 9.46 Å². The number of anilines is 1. The predicted octanol–water partition coefficient (Wildman–Crippen LogP) is 2.34. The largest absolute Gasteiger partial charge is 0.488 e. The summed E-state index contributed by atoms with van der Waals surface area (Å²) in [7, 11) is -1.42. The van der Waals surface area contributed by atoms with Crippen LogP contribution in [0.25, 0.3) is 0 Å². The summed E-state index contributed by atoms with van der Waals surface area (Å²) in [5, 5.41) is 9.76. The van der Waals surface area contributed by atoms with E-state index in [-0.39, 0.29) is 37.0 Å². The van der Waals surface area contributed by atoms with E-state index in [1.54, 1.807) is 23.1 Å². The Morgan fingerprint density at radius 3 is 2.59 bits per heavy atom. The van der Waals surface area contributed by atoms with Gasteiger partial charge in [0.2, 0.25) is 15.9 Å². The third-order valence-electron chi connectivity index (χ3n) is 6.01. The van der Waals surface area contributed by atoms with Crippen LogP contribution in [-0.4, -0.2) is 74.4 Å². The molecule has 186 valence electrons. The molecule has 0 saturated carbocycles. The fourth-order valence-corrected chi connectivity index (χ4v) is 4.75. The molecule has 3 atom stereocenters. The monoisotopic (exact) mass is 489 g/mol. The number of aliphatic hydroxyl groups excluding tert-OH is 1. The SMILES string of the molecule is C[C@@H]1CN([C@H](C)CO)C(=O)Cc2cc(NS(C)(=O)=O)ccc2O[C@@H]1CN(C)Cc1ccccc1. The minimum atomic E-state index is -3.46. The summed E-state index contributed by atoms with van der Waals surface area (Å²) in [6, 6.07) is 14.9. The standard InChI is InChI=1S/C25H35N3O5S/c1-18-14-28(19(2)17-29)25(30)13-21-12-22(26-34(4,31)32)10-11-23(21)33-24(18)16-27(3)15-20-8-6-5-7-9-20/h5-12,18-19,24,26,29H,13-17H2,1-4H3/t18-,19-,24-/m1/s1. The quantitative estimate of drug-likeness (QED) is 0.591. The van der Waals surface area contributed by atoms with Crippen LogP contribution in [0.4, 0.5) is 5.69 Å². The Balaban J connectivity index is 1.91. The van der Waals surface area contributed by atoms with Gasteiger partial charge < -0.3 is 14.7 Å². The maximum Gasteiger partial charge on any atom is 0.229 e. The molecule has 0 unspecified atom stereocenters. The lowest BCUT2D eigenvalue weighted by atomic mass is 10.0. The van der Waals surface area contributed by atoms with Gasteiger partial charge in [0.25, 0.3) is 0 Å². The van der Waals surface area contributed by atoms with Crippen molar-refractivity contribution in [3.8, 4) is 5.75 Å². The first-order chi connectivity index (χ1) is 16.1. The fraction of sp³-hybridized carbons (Fsp3) is 0.480. The lowest BCUT2D eigenvalue weighted by molar-refractivity contribution is -0.134. The molecule has 2 aromatic rings. The van der Waals surface area contributed by atoms with E-state index >= 15 is 0 Å². The van der Waals surface area contributed by atoms with Gasteiger partial charge in [0, 0.05) is 36.8 Å². The zero-order valence-electron chi connectivity index (χ0n) is 20.3. The van der Waals surface area contributed by atoms with Gasteiger partial charge in [0.05, 0.1) is 25.3 Å². The predicted molar refractivity (Wildman–Crippen MR) is 133 cm³/mol. The topological polar surface area (TPSA) is 99.2 Å². The second-order valence-electron chi connectivity index (χ2n) is 9.27. The van der Waals surface area contributed by atoms with Gasteiger partial charge in [-0.15, -0.1) is 0 Å². The number of hydrogen-bond donors (Lipinski definition) is 2. The summed E-state index contributed by atoms with van der Waals surface area (Å²) in [5.41, 5.74) is 2.19. The second-order valence-corrected chi connectivity index (χ2v) is 11.0. The number of sulfonamides is 1. The summed E-state index contributed by atoms with van der Waals surface area (Å²) >= 11 is 0. The molecule has 0 radical (unpaired) electrons. The van der Waals surface area contributed by atoms with Crippen molar-refractivity contribution in [2.45, 2.75) is 39.0 Å². The van der Waals surface area contributed by atoms with Crippen LogP contribution in [0.3, 0.4) is 0 Å². The van der Waals surface area contributed by atoms with Crippen LogP contribution in [-0.2, 0) is 27.8 Å². The molecule has 34 heavy (non-hydrogen) atoms. The number of hydrogen-bond acceptors (Lipinski definition) is 6. The van der Waals surface area contributed by atoms with Crippen molar-refractivity contribution in [3.63, 3.8) is 0 Å². The van der Waals surface area contributed by atoms with Crippen LogP contribution in [0, 0.1) is 5.92 Å². The van der Waals surface area contributed by atoms with Crippen molar-refractivity contribution in [2.75, 3.05) is 37.7 Å². The zero-order valence-corrected chi connectivity index (χ0v) is 21.1. The Morgan fingerprint density at radius 2 is 1.94 bits per heavy atom. The summed E-state index contributed by atoms with van der Waals surface area (Å²) in [5.74, 6) is 0.430. The summed E-state index contributed by atoms with van der Waals surface area (Å²) in [6.45, 7) is 5.58. The highest BCUT2D eigenvalue weighted by Crippen LogP contribution is 2.29. The molecular formula is C25H35N3O5S. The molecule has 0 aromatic heterocycles. The number of ether oxygens (including phenoxy) is 1. The Morgan fingerprint density at radius 1 is 1.24 bits per heavy atom. The molecule has 0 aliphatic carbocycles. The number of fused-ring (bicyclic) bond motifs is 1. The van der Waals surface area contributed by atoms with Crippen molar-refractivity contribution in [2.24, 2.45) is 5.92 Å². The van der Waals surface area contributed by atoms with E-state index in [2.05, 4.69) is 28.7 Å². The van der Waals surface area contributed by atoms with Crippen molar-refractivity contribution >= 4 is 21.6 Å². The molecule has 0 bridgehead atoms. The van der Waals surface area contributed by atoms with Crippen molar-refractivity contribution < 1.29 is 23.1 Å². The number of likely N-dealkylation sites (N-methyl/N-ethyl adjacent to an activating group) is 1. The lowest BCUT2D eigenvalue weighted by Gasteiger charge is -2.34. The van der Waals surface area contributed by atoms with E-state index in [9.17, 15) is 18.3 Å². The Kier molecular flexibility index (Phi) is 8.57. The number of nitrogens with one attached hydrogen (secondary N) is 1. The number of rotatable bonds is 8. The van der Waals surface area contributed by atoms with E-state index in [1.165, 1.54) is 5.56 Å². The van der Waals surface area contributed by atoms with Gasteiger partial charge >= 0.3 is 0 Å². The molecule has 1 aliphatic heterocycles. The highest BCUT2D eigenvalue weighted by atomic mass is 32.2. The van der Waals surface area contributed by atoms with Gasteiger partial charge in [0.15, 0.2) is 0 Å². The highest BCUT2D eigenvalue weighted by molar-refractivity contribution is 7.92. The first kappa shape index (κ1) is 26.0. The molecule has 0 spiro atoms. The average Bonchev–Trinajstić information content (AvgIpc) is 2.81. The number of carbonyl (C=O) groups excluding carboxylic acids is 1.